The van der Waals surface area contributed by atoms with Gasteiger partial charge in [-0.05, 0) is 71.9 Å². The first-order valence-electron chi connectivity index (χ1n) is 28.0. The van der Waals surface area contributed by atoms with Crippen LogP contribution in [0.15, 0.2) is 72.9 Å². The molecule has 0 radical (unpaired) electrons. The summed E-state index contributed by atoms with van der Waals surface area (Å²) in [6.07, 6.45) is 0.228. The predicted octanol–water partition coefficient (Wildman–Crippen LogP) is 1.28. The normalized spacial score (nSPS) is 41.3. The molecule has 0 aliphatic carbocycles. The second kappa shape index (κ2) is 32.1. The van der Waals surface area contributed by atoms with E-state index in [1.165, 1.54) is 17.9 Å². The summed E-state index contributed by atoms with van der Waals surface area (Å²) in [7, 11) is 3.76. The number of carbonyl (C=O) groups is 4. The Bertz CT molecular complexity index is 2150. The number of rotatable bonds is 9. The number of likely N-dealkylation sites (tertiary alicyclic amines) is 1. The van der Waals surface area contributed by atoms with Gasteiger partial charge >= 0.3 is 11.9 Å². The number of aliphatic hydroxyl groups is 10. The molecule has 3 saturated heterocycles. The largest absolute Gasteiger partial charge is 0.481 e. The number of amides is 2. The Hall–Kier alpha value is -4.08. The zero-order valence-electron chi connectivity index (χ0n) is 47.7. The Kier molecular flexibility index (Phi) is 27.5. The van der Waals surface area contributed by atoms with Crippen LogP contribution in [0.25, 0.3) is 0 Å². The van der Waals surface area contributed by atoms with E-state index in [0.29, 0.717) is 6.54 Å². The average molecular weight is 1140 g/mol. The number of aliphatic carboxylic acids is 1. The molecule has 0 aromatic rings. The smallest absolute Gasteiger partial charge is 0.311 e. The number of nitrogens with one attached hydrogen (secondary N) is 1. The fourth-order valence-electron chi connectivity index (χ4n) is 10.8. The number of carboxylic acids is 1. The molecular formula is C58H93N3O19. The molecular weight excluding hydrogens is 1040 g/mol. The number of nitrogens with zero attached hydrogens (tertiary/aromatic N) is 2. The summed E-state index contributed by atoms with van der Waals surface area (Å²) in [6.45, 7) is 11.3. The third-order valence-corrected chi connectivity index (χ3v) is 15.2. The molecule has 2 amide bonds. The SMILES string of the molecule is C[C@@H]1[C@H](O)[C@@H](C)/C=C/C=C/CC/C=C/C=C/C=C/C=C/[C@H](O[C@H]2O[C@H](C)[C@@H](O)[C@H](NC3CC(=O)N(CC(C)(C)CN(C)C)C3=O)[C@@H]2O)C[C@@H]2O[C@](O)(C[C@@H](O)[C@H](O)CC[C@@H](O)C[C@@H](O)C[C@@H](O)CC(=O)O[C@H]1C)C[C@H](O)[C@H]2C(=O)O. The molecule has 12 N–H and O–H groups in total. The number of carboxylic acid groups (broad SMARTS) is 1. The Morgan fingerprint density at radius 3 is 1.99 bits per heavy atom. The molecule has 4 aliphatic heterocycles. The van der Waals surface area contributed by atoms with Gasteiger partial charge in [-0.1, -0.05) is 101 Å². The molecule has 0 aromatic heterocycles. The summed E-state index contributed by atoms with van der Waals surface area (Å²) < 4.78 is 23.8. The summed E-state index contributed by atoms with van der Waals surface area (Å²) >= 11 is 0. The first kappa shape index (κ1) is 68.4. The maximum Gasteiger partial charge on any atom is 0.311 e. The number of esters is 1. The van der Waals surface area contributed by atoms with Crippen molar-refractivity contribution in [3.8, 4) is 0 Å². The van der Waals surface area contributed by atoms with Gasteiger partial charge < -0.3 is 80.0 Å². The standard InChI is InChI=1S/C58H93N3O19/c1-34-21-19-17-15-13-11-9-10-12-14-16-18-20-22-41(79-56-53(72)50(52(71)37(4)78-56)59-42-29-47(68)61(54(42)73)33-57(5,6)32-60(7)8)28-46-49(55(74)75)45(67)31-58(76,80-46)30-44(66)43(65)24-23-38(62)25-39(63)26-40(64)27-48(69)77-36(3)35(2)51(34)70/h9-10,12,14-22,34-46,49-53,56,59,62-67,70-72,76H,11,13,23-33H2,1-8H3,(H,74,75)/b10-9+,14-12+,17-15+,18-16+,21-19+,22-20+/t34-,35-,36-,37+,38+,39+,40+,41-,42?,43+,44+,45-,46-,49+,50-,51+,52+,53-,56+,58+/m0/s1. The van der Waals surface area contributed by atoms with Crippen molar-refractivity contribution in [2.24, 2.45) is 23.2 Å². The first-order chi connectivity index (χ1) is 37.5. The summed E-state index contributed by atoms with van der Waals surface area (Å²) in [6, 6.07) is -2.37. The summed E-state index contributed by atoms with van der Waals surface area (Å²) in [5.74, 6) is -8.03. The van der Waals surface area contributed by atoms with E-state index in [0.717, 1.165) is 12.8 Å². The summed E-state index contributed by atoms with van der Waals surface area (Å²) in [5, 5.41) is 125. The minimum Gasteiger partial charge on any atom is -0.481 e. The van der Waals surface area contributed by atoms with Crippen molar-refractivity contribution in [1.29, 1.82) is 0 Å². The van der Waals surface area contributed by atoms with Gasteiger partial charge in [0.05, 0.1) is 92.1 Å². The van der Waals surface area contributed by atoms with Gasteiger partial charge in [0.2, 0.25) is 11.8 Å². The lowest BCUT2D eigenvalue weighted by molar-refractivity contribution is -0.310. The Morgan fingerprint density at radius 1 is 0.738 bits per heavy atom. The second-order valence-electron chi connectivity index (χ2n) is 23.4. The van der Waals surface area contributed by atoms with Gasteiger partial charge in [0.15, 0.2) is 12.1 Å². The topological polar surface area (TPSA) is 346 Å². The number of fused-ring (bicyclic) bond motifs is 2. The molecule has 22 heteroatoms. The number of hydrogen-bond donors (Lipinski definition) is 12. The maximum atomic E-state index is 13.7. The molecule has 4 aliphatic rings. The van der Waals surface area contributed by atoms with Crippen LogP contribution in [0.3, 0.4) is 0 Å². The van der Waals surface area contributed by atoms with Crippen molar-refractivity contribution in [1.82, 2.24) is 15.1 Å². The highest BCUT2D eigenvalue weighted by molar-refractivity contribution is 6.05. The number of imide groups is 1. The first-order valence-corrected chi connectivity index (χ1v) is 28.0. The highest BCUT2D eigenvalue weighted by Crippen LogP contribution is 2.38. The van der Waals surface area contributed by atoms with Gasteiger partial charge in [-0.2, -0.15) is 0 Å². The predicted molar refractivity (Wildman–Crippen MR) is 293 cm³/mol. The number of hydrogen-bond acceptors (Lipinski definition) is 20. The van der Waals surface area contributed by atoms with Gasteiger partial charge in [0.25, 0.3) is 0 Å². The molecule has 3 fully saturated rings. The fourth-order valence-corrected chi connectivity index (χ4v) is 10.8. The average Bonchev–Trinajstić information content (AvgIpc) is 3.60. The zero-order valence-corrected chi connectivity index (χ0v) is 47.7. The third-order valence-electron chi connectivity index (χ3n) is 15.2. The van der Waals surface area contributed by atoms with Gasteiger partial charge in [-0.15, -0.1) is 0 Å². The number of aliphatic hydroxyl groups excluding tert-OH is 9. The lowest BCUT2D eigenvalue weighted by atomic mass is 9.82. The molecule has 454 valence electrons. The third kappa shape index (κ3) is 21.6. The van der Waals surface area contributed by atoms with E-state index >= 15 is 0 Å². The van der Waals surface area contributed by atoms with E-state index in [-0.39, 0.29) is 44.6 Å². The molecule has 1 unspecified atom stereocenters. The Labute approximate surface area is 470 Å². The highest BCUT2D eigenvalue weighted by atomic mass is 16.7. The Balaban J connectivity index is 1.59. The van der Waals surface area contributed by atoms with Crippen LogP contribution >= 0.6 is 0 Å². The molecule has 2 bridgehead atoms. The van der Waals surface area contributed by atoms with Crippen molar-refractivity contribution < 1.29 is 94.3 Å². The monoisotopic (exact) mass is 1140 g/mol. The van der Waals surface area contributed by atoms with Crippen molar-refractivity contribution in [3.63, 3.8) is 0 Å². The molecule has 0 spiro atoms. The molecule has 4 rings (SSSR count). The highest BCUT2D eigenvalue weighted by Gasteiger charge is 2.52. The van der Waals surface area contributed by atoms with Crippen LogP contribution in [0.4, 0.5) is 0 Å². The molecule has 80 heavy (non-hydrogen) atoms. The van der Waals surface area contributed by atoms with Gasteiger partial charge in [0.1, 0.15) is 18.1 Å². The van der Waals surface area contributed by atoms with E-state index in [1.54, 1.807) is 44.2 Å². The second-order valence-corrected chi connectivity index (χ2v) is 23.4. The van der Waals surface area contributed by atoms with Crippen molar-refractivity contribution >= 4 is 23.8 Å². The lowest BCUT2D eigenvalue weighted by Gasteiger charge is -2.46. The molecule has 20 atom stereocenters. The number of cyclic esters (lactones) is 1. The Morgan fingerprint density at radius 2 is 1.34 bits per heavy atom. The van der Waals surface area contributed by atoms with Crippen molar-refractivity contribution in [2.75, 3.05) is 27.2 Å². The number of ether oxygens (including phenoxy) is 4. The fraction of sp³-hybridized carbons (Fsp3) is 0.724. The van der Waals surface area contributed by atoms with Crippen LogP contribution in [-0.4, -0.2) is 220 Å². The summed E-state index contributed by atoms with van der Waals surface area (Å²) in [4.78, 5) is 55.5. The molecule has 0 saturated carbocycles. The van der Waals surface area contributed by atoms with Crippen LogP contribution in [0, 0.1) is 23.2 Å². The van der Waals surface area contributed by atoms with E-state index in [4.69, 9.17) is 18.9 Å². The molecule has 22 nitrogen and oxygen atoms in total. The number of allylic oxidation sites excluding steroid dienone is 10. The molecule has 0 aromatic carbocycles. The van der Waals surface area contributed by atoms with Crippen LogP contribution < -0.4 is 5.32 Å². The zero-order chi connectivity index (χ0) is 59.6. The minimum atomic E-state index is -2.43. The maximum absolute atomic E-state index is 13.7. The number of carbonyl (C=O) groups excluding carboxylic acids is 3. The van der Waals surface area contributed by atoms with E-state index in [9.17, 15) is 75.3 Å². The van der Waals surface area contributed by atoms with E-state index in [1.807, 2.05) is 76.2 Å². The summed E-state index contributed by atoms with van der Waals surface area (Å²) in [5.41, 5.74) is -0.454. The molecule has 4 heterocycles. The van der Waals surface area contributed by atoms with Crippen LogP contribution in [0.2, 0.25) is 0 Å². The van der Waals surface area contributed by atoms with Crippen LogP contribution in [0.5, 0.6) is 0 Å². The van der Waals surface area contributed by atoms with Crippen molar-refractivity contribution in [2.45, 2.75) is 216 Å². The van der Waals surface area contributed by atoms with Crippen LogP contribution in [-0.2, 0) is 38.1 Å². The van der Waals surface area contributed by atoms with E-state index in [2.05, 4.69) is 5.32 Å². The minimum absolute atomic E-state index is 0.135. The van der Waals surface area contributed by atoms with Gasteiger partial charge in [0, 0.05) is 44.2 Å². The van der Waals surface area contributed by atoms with Crippen molar-refractivity contribution in [3.05, 3.63) is 72.9 Å². The van der Waals surface area contributed by atoms with Gasteiger partial charge in [-0.3, -0.25) is 29.4 Å². The quantitative estimate of drug-likeness (QED) is 0.114. The van der Waals surface area contributed by atoms with Crippen LogP contribution in [0.1, 0.15) is 112 Å². The van der Waals surface area contributed by atoms with Gasteiger partial charge in [-0.25, -0.2) is 0 Å². The van der Waals surface area contributed by atoms with E-state index < -0.39 is 170 Å². The lowest BCUT2D eigenvalue weighted by Crippen LogP contribution is -2.65.